The van der Waals surface area contributed by atoms with Gasteiger partial charge in [-0.3, -0.25) is 4.79 Å². The number of ether oxygens (including phenoxy) is 2. The van der Waals surface area contributed by atoms with E-state index in [2.05, 4.69) is 0 Å². The Hall–Kier alpha value is -2.92. The third-order valence-corrected chi connectivity index (χ3v) is 5.35. The maximum absolute atomic E-state index is 12.1. The number of aliphatic carboxylic acids is 1. The number of aliphatic hydroxyl groups is 3. The van der Waals surface area contributed by atoms with Crippen LogP contribution in [0.1, 0.15) is 24.8 Å². The summed E-state index contributed by atoms with van der Waals surface area (Å²) in [5.41, 5.74) is 0.577. The molecule has 10 nitrogen and oxygen atoms in total. The molecule has 0 saturated carbocycles. The number of phenols is 1. The molecule has 1 amide bonds. The second-order valence-corrected chi connectivity index (χ2v) is 7.68. The average molecular weight is 449 g/mol. The normalized spacial score (nSPS) is 28.8. The molecular weight excluding hydrogens is 422 g/mol. The summed E-state index contributed by atoms with van der Waals surface area (Å²) in [6.45, 7) is 1.52. The second-order valence-electron chi connectivity index (χ2n) is 7.68. The van der Waals surface area contributed by atoms with Crippen molar-refractivity contribution in [3.05, 3.63) is 42.0 Å². The lowest BCUT2D eigenvalue weighted by atomic mass is 9.99. The number of amides is 1. The van der Waals surface area contributed by atoms with Crippen LogP contribution in [0.25, 0.3) is 6.08 Å². The van der Waals surface area contributed by atoms with Crippen molar-refractivity contribution in [3.8, 4) is 11.5 Å². The van der Waals surface area contributed by atoms with Crippen molar-refractivity contribution in [1.29, 1.82) is 0 Å². The van der Waals surface area contributed by atoms with Gasteiger partial charge in [-0.25, -0.2) is 4.79 Å². The van der Waals surface area contributed by atoms with Crippen LogP contribution in [0.5, 0.6) is 11.5 Å². The van der Waals surface area contributed by atoms with Crippen molar-refractivity contribution in [2.45, 2.75) is 50.0 Å². The van der Waals surface area contributed by atoms with E-state index in [9.17, 15) is 30.0 Å². The molecule has 0 bridgehead atoms. The molecule has 174 valence electrons. The number of carbonyl (C=O) groups excluding carboxylic acids is 1. The number of hydrogen-bond donors (Lipinski definition) is 5. The number of carbonyl (C=O) groups is 2. The van der Waals surface area contributed by atoms with Gasteiger partial charge in [-0.15, -0.1) is 0 Å². The van der Waals surface area contributed by atoms with Crippen LogP contribution in [-0.4, -0.2) is 86.1 Å². The first-order valence-electron chi connectivity index (χ1n) is 10.3. The molecule has 32 heavy (non-hydrogen) atoms. The predicted octanol–water partition coefficient (Wildman–Crippen LogP) is 0.245. The Kier molecular flexibility index (Phi) is 7.86. The molecule has 2 heterocycles. The molecule has 5 atom stereocenters. The van der Waals surface area contributed by atoms with E-state index in [0.717, 1.165) is 32.4 Å². The van der Waals surface area contributed by atoms with Crippen LogP contribution in [-0.2, 0) is 14.3 Å². The highest BCUT2D eigenvalue weighted by Crippen LogP contribution is 2.31. The minimum absolute atomic E-state index is 0.0544. The Morgan fingerprint density at radius 1 is 1.03 bits per heavy atom. The van der Waals surface area contributed by atoms with Gasteiger partial charge >= 0.3 is 5.97 Å². The summed E-state index contributed by atoms with van der Waals surface area (Å²) in [6.07, 6.45) is 0.676. The van der Waals surface area contributed by atoms with Crippen LogP contribution < -0.4 is 4.74 Å². The molecule has 2 saturated heterocycles. The Labute approximate surface area is 184 Å². The van der Waals surface area contributed by atoms with Crippen molar-refractivity contribution >= 4 is 18.0 Å². The minimum Gasteiger partial charge on any atom is -0.504 e. The minimum atomic E-state index is -1.84. The van der Waals surface area contributed by atoms with E-state index in [4.69, 9.17) is 14.6 Å². The summed E-state index contributed by atoms with van der Waals surface area (Å²) >= 11 is 0. The third-order valence-electron chi connectivity index (χ3n) is 5.35. The zero-order chi connectivity index (χ0) is 23.3. The number of nitrogens with zero attached hydrogens (tertiary/aromatic N) is 1. The number of carboxylic acid groups (broad SMARTS) is 1. The molecule has 0 aliphatic carbocycles. The number of phenolic OH excluding ortho intramolecular Hbond substituents is 1. The number of carboxylic acids is 1. The molecule has 3 rings (SSSR count). The molecule has 10 heteroatoms. The van der Waals surface area contributed by atoms with Gasteiger partial charge in [0.15, 0.2) is 17.6 Å². The van der Waals surface area contributed by atoms with Crippen molar-refractivity contribution in [1.82, 2.24) is 4.90 Å². The zero-order valence-corrected chi connectivity index (χ0v) is 17.3. The van der Waals surface area contributed by atoms with E-state index in [1.807, 2.05) is 0 Å². The van der Waals surface area contributed by atoms with Gasteiger partial charge in [0, 0.05) is 19.2 Å². The van der Waals surface area contributed by atoms with Gasteiger partial charge < -0.3 is 39.9 Å². The van der Waals surface area contributed by atoms with Gasteiger partial charge in [-0.05, 0) is 37.0 Å². The first-order chi connectivity index (χ1) is 15.3. The van der Waals surface area contributed by atoms with Crippen LogP contribution in [0.4, 0.5) is 0 Å². The monoisotopic (exact) mass is 449 g/mol. The lowest BCUT2D eigenvalue weighted by Gasteiger charge is -2.38. The van der Waals surface area contributed by atoms with Gasteiger partial charge in [0.2, 0.25) is 12.2 Å². The quantitative estimate of drug-likeness (QED) is 0.303. The fraction of sp³-hybridized carbons (Fsp3) is 0.455. The van der Waals surface area contributed by atoms with E-state index in [1.165, 1.54) is 18.2 Å². The van der Waals surface area contributed by atoms with Gasteiger partial charge in [-0.1, -0.05) is 24.3 Å². The standard InChI is InChI=1S/C22H27NO9/c24-14-9-8-13(6-2-3-7-16(25)23-10-4-1-5-11-23)12-15(14)31-22-19(28)17(26)18(27)20(32-22)21(29)30/h2-3,6-9,12,17-20,22,24,26-28H,1,4-5,10-11H2,(H,29,30)/b6-2+,7-3+. The predicted molar refractivity (Wildman–Crippen MR) is 112 cm³/mol. The SMILES string of the molecule is O=C(O)C1OC(Oc2cc(/C=C/C=C/C(=O)N3CCCCC3)ccc2O)C(O)C(O)C1O. The molecule has 5 N–H and O–H groups in total. The van der Waals surface area contributed by atoms with Crippen LogP contribution in [0.3, 0.4) is 0 Å². The summed E-state index contributed by atoms with van der Waals surface area (Å²) in [7, 11) is 0. The lowest BCUT2D eigenvalue weighted by molar-refractivity contribution is -0.271. The number of aliphatic hydroxyl groups excluding tert-OH is 3. The Bertz CT molecular complexity index is 878. The summed E-state index contributed by atoms with van der Waals surface area (Å²) in [6, 6.07) is 4.32. The number of likely N-dealkylation sites (tertiary alicyclic amines) is 1. The van der Waals surface area contributed by atoms with Gasteiger partial charge in [0.25, 0.3) is 0 Å². The molecule has 1 aromatic rings. The number of allylic oxidation sites excluding steroid dienone is 2. The molecule has 0 spiro atoms. The number of hydrogen-bond acceptors (Lipinski definition) is 8. The maximum Gasteiger partial charge on any atom is 0.335 e. The third kappa shape index (κ3) is 5.65. The van der Waals surface area contributed by atoms with Crippen molar-refractivity contribution in [2.24, 2.45) is 0 Å². The second kappa shape index (κ2) is 10.6. The Morgan fingerprint density at radius 3 is 2.44 bits per heavy atom. The summed E-state index contributed by atoms with van der Waals surface area (Å²) in [4.78, 5) is 25.1. The highest BCUT2D eigenvalue weighted by atomic mass is 16.7. The van der Waals surface area contributed by atoms with E-state index < -0.39 is 36.7 Å². The number of aromatic hydroxyl groups is 1. The average Bonchev–Trinajstić information content (AvgIpc) is 2.79. The first-order valence-corrected chi connectivity index (χ1v) is 10.3. The zero-order valence-electron chi connectivity index (χ0n) is 17.3. The highest BCUT2D eigenvalue weighted by Gasteiger charge is 2.48. The van der Waals surface area contributed by atoms with Crippen molar-refractivity contribution < 1.29 is 44.6 Å². The van der Waals surface area contributed by atoms with E-state index in [-0.39, 0.29) is 17.4 Å². The fourth-order valence-electron chi connectivity index (χ4n) is 3.53. The first kappa shape index (κ1) is 23.7. The van der Waals surface area contributed by atoms with Gasteiger partial charge in [0.1, 0.15) is 18.3 Å². The topological polar surface area (TPSA) is 157 Å². The van der Waals surface area contributed by atoms with Crippen LogP contribution >= 0.6 is 0 Å². The molecule has 2 aliphatic rings. The van der Waals surface area contributed by atoms with Crippen molar-refractivity contribution in [2.75, 3.05) is 13.1 Å². The van der Waals surface area contributed by atoms with Crippen LogP contribution in [0.15, 0.2) is 36.4 Å². The number of piperidine rings is 1. The van der Waals surface area contributed by atoms with Gasteiger partial charge in [-0.2, -0.15) is 0 Å². The van der Waals surface area contributed by atoms with E-state index >= 15 is 0 Å². The van der Waals surface area contributed by atoms with Crippen LogP contribution in [0, 0.1) is 0 Å². The molecule has 0 aromatic heterocycles. The van der Waals surface area contributed by atoms with E-state index in [0.29, 0.717) is 5.56 Å². The number of benzene rings is 1. The lowest BCUT2D eigenvalue weighted by Crippen LogP contribution is -2.61. The molecule has 2 aliphatic heterocycles. The van der Waals surface area contributed by atoms with Gasteiger partial charge in [0.05, 0.1) is 0 Å². The highest BCUT2D eigenvalue weighted by molar-refractivity contribution is 5.88. The summed E-state index contributed by atoms with van der Waals surface area (Å²) in [5, 5.41) is 48.9. The summed E-state index contributed by atoms with van der Waals surface area (Å²) in [5.74, 6) is -2.02. The van der Waals surface area contributed by atoms with Crippen LogP contribution in [0.2, 0.25) is 0 Å². The van der Waals surface area contributed by atoms with E-state index in [1.54, 1.807) is 29.2 Å². The fourth-order valence-corrected chi connectivity index (χ4v) is 3.53. The molecule has 5 unspecified atom stereocenters. The summed E-state index contributed by atoms with van der Waals surface area (Å²) < 4.78 is 10.5. The molecule has 0 radical (unpaired) electrons. The molecule has 1 aromatic carbocycles. The maximum atomic E-state index is 12.1. The Balaban J connectivity index is 1.66. The number of rotatable bonds is 6. The molecule has 2 fully saturated rings. The van der Waals surface area contributed by atoms with Crippen molar-refractivity contribution in [3.63, 3.8) is 0 Å². The smallest absolute Gasteiger partial charge is 0.335 e. The largest absolute Gasteiger partial charge is 0.504 e. The molecular formula is C22H27NO9. The Morgan fingerprint density at radius 2 is 1.75 bits per heavy atom.